The number of fused-ring (bicyclic) bond motifs is 1. The SMILES string of the molecule is NC(=O)c1c(-c2ccc(Oc3ccc(F)cc3)cc2)[nH]c2c(C3CCN(C(=O)/C=C/C(F)(F)F)CC3)cnn12. The summed E-state index contributed by atoms with van der Waals surface area (Å²) in [5.74, 6) is -0.796. The van der Waals surface area contributed by atoms with Gasteiger partial charge in [0.1, 0.15) is 23.0 Å². The Bertz CT molecular complexity index is 1530. The lowest BCUT2D eigenvalue weighted by molar-refractivity contribution is -0.127. The summed E-state index contributed by atoms with van der Waals surface area (Å²) in [5, 5.41) is 4.36. The van der Waals surface area contributed by atoms with Crippen molar-refractivity contribution in [3.05, 3.63) is 84.0 Å². The van der Waals surface area contributed by atoms with Crippen molar-refractivity contribution in [2.45, 2.75) is 24.9 Å². The molecular weight excluding hydrogens is 518 g/mol. The summed E-state index contributed by atoms with van der Waals surface area (Å²) >= 11 is 0. The molecule has 0 radical (unpaired) electrons. The number of nitrogens with two attached hydrogens (primary N) is 1. The Morgan fingerprint density at radius 3 is 2.23 bits per heavy atom. The Morgan fingerprint density at radius 1 is 1.03 bits per heavy atom. The van der Waals surface area contributed by atoms with Crippen LogP contribution in [0.15, 0.2) is 66.9 Å². The number of nitrogens with one attached hydrogen (secondary N) is 1. The highest BCUT2D eigenvalue weighted by molar-refractivity contribution is 5.98. The zero-order valence-electron chi connectivity index (χ0n) is 20.4. The smallest absolute Gasteiger partial charge is 0.409 e. The van der Waals surface area contributed by atoms with Crippen LogP contribution in [0.4, 0.5) is 17.6 Å². The maximum atomic E-state index is 13.1. The summed E-state index contributed by atoms with van der Waals surface area (Å²) in [6, 6.07) is 12.5. The number of likely N-dealkylation sites (tertiary alicyclic amines) is 1. The van der Waals surface area contributed by atoms with Crippen LogP contribution in [0.3, 0.4) is 0 Å². The van der Waals surface area contributed by atoms with Gasteiger partial charge >= 0.3 is 6.18 Å². The number of imidazole rings is 1. The van der Waals surface area contributed by atoms with Gasteiger partial charge in [0.2, 0.25) is 5.91 Å². The van der Waals surface area contributed by atoms with Crippen molar-refractivity contribution < 1.29 is 31.9 Å². The van der Waals surface area contributed by atoms with E-state index in [-0.39, 0.29) is 36.6 Å². The van der Waals surface area contributed by atoms with Crippen LogP contribution in [-0.4, -0.2) is 50.6 Å². The molecule has 3 heterocycles. The highest BCUT2D eigenvalue weighted by atomic mass is 19.4. The Hall–Kier alpha value is -4.61. The van der Waals surface area contributed by atoms with E-state index in [2.05, 4.69) is 10.1 Å². The summed E-state index contributed by atoms with van der Waals surface area (Å²) in [6.45, 7) is 0.573. The molecule has 2 aromatic heterocycles. The molecule has 0 aliphatic carbocycles. The van der Waals surface area contributed by atoms with Gasteiger partial charge in [0.15, 0.2) is 5.69 Å². The van der Waals surface area contributed by atoms with Crippen LogP contribution >= 0.6 is 0 Å². The number of benzene rings is 2. The van der Waals surface area contributed by atoms with Gasteiger partial charge in [-0.05, 0) is 67.3 Å². The molecule has 0 atom stereocenters. The van der Waals surface area contributed by atoms with Crippen molar-refractivity contribution in [3.8, 4) is 22.8 Å². The van der Waals surface area contributed by atoms with Gasteiger partial charge in [-0.25, -0.2) is 8.91 Å². The largest absolute Gasteiger partial charge is 0.457 e. The maximum absolute atomic E-state index is 13.1. The molecule has 0 unspecified atom stereocenters. The molecule has 4 aromatic rings. The number of carbonyl (C=O) groups excluding carboxylic acids is 2. The van der Waals surface area contributed by atoms with E-state index in [1.54, 1.807) is 30.5 Å². The van der Waals surface area contributed by atoms with Gasteiger partial charge in [-0.15, -0.1) is 0 Å². The molecule has 202 valence electrons. The van der Waals surface area contributed by atoms with Crippen molar-refractivity contribution in [2.75, 3.05) is 13.1 Å². The number of carbonyl (C=O) groups is 2. The highest BCUT2D eigenvalue weighted by Crippen LogP contribution is 2.34. The van der Waals surface area contributed by atoms with Gasteiger partial charge in [-0.2, -0.15) is 18.3 Å². The zero-order chi connectivity index (χ0) is 27.7. The fourth-order valence-corrected chi connectivity index (χ4v) is 4.68. The number of aromatic nitrogens is 3. The molecule has 39 heavy (non-hydrogen) atoms. The van der Waals surface area contributed by atoms with Gasteiger partial charge < -0.3 is 20.4 Å². The molecule has 2 aromatic carbocycles. The second-order valence-corrected chi connectivity index (χ2v) is 9.13. The lowest BCUT2D eigenvalue weighted by atomic mass is 9.91. The number of primary amides is 1. The van der Waals surface area contributed by atoms with Crippen LogP contribution in [-0.2, 0) is 4.79 Å². The number of amides is 2. The van der Waals surface area contributed by atoms with Crippen molar-refractivity contribution in [2.24, 2.45) is 5.73 Å². The van der Waals surface area contributed by atoms with Crippen LogP contribution in [0.2, 0.25) is 0 Å². The standard InChI is InChI=1S/C27H23F4N5O3/c28-18-3-7-20(8-4-18)39-19-5-1-17(2-6-19)23-24(25(32)38)36-26(34-23)21(15-33-36)16-10-13-35(14-11-16)22(37)9-12-27(29,30)31/h1-9,12,15-16,34H,10-11,13-14H2,(H2,32,38)/b12-9+. The first-order chi connectivity index (χ1) is 18.6. The fraction of sp³-hybridized carbons (Fsp3) is 0.222. The Labute approximate surface area is 219 Å². The van der Waals surface area contributed by atoms with E-state index in [0.717, 1.165) is 5.56 Å². The van der Waals surface area contributed by atoms with Gasteiger partial charge in [-0.3, -0.25) is 9.59 Å². The maximum Gasteiger partial charge on any atom is 0.409 e. The number of alkyl halides is 3. The summed E-state index contributed by atoms with van der Waals surface area (Å²) in [4.78, 5) is 29.1. The van der Waals surface area contributed by atoms with E-state index in [4.69, 9.17) is 10.5 Å². The van der Waals surface area contributed by atoms with Gasteiger partial charge in [0.05, 0.1) is 11.9 Å². The number of H-pyrrole nitrogens is 1. The minimum Gasteiger partial charge on any atom is -0.457 e. The van der Waals surface area contributed by atoms with Crippen molar-refractivity contribution in [1.82, 2.24) is 19.5 Å². The lowest BCUT2D eigenvalue weighted by Crippen LogP contribution is -2.37. The predicted molar refractivity (Wildman–Crippen MR) is 134 cm³/mol. The van der Waals surface area contributed by atoms with E-state index < -0.39 is 18.0 Å². The van der Waals surface area contributed by atoms with Crippen molar-refractivity contribution >= 4 is 17.5 Å². The fourth-order valence-electron chi connectivity index (χ4n) is 4.68. The summed E-state index contributed by atoms with van der Waals surface area (Å²) in [5.41, 5.74) is 8.37. The molecule has 12 heteroatoms. The minimum absolute atomic E-state index is 0.0307. The first-order valence-electron chi connectivity index (χ1n) is 12.1. The highest BCUT2D eigenvalue weighted by Gasteiger charge is 2.29. The second-order valence-electron chi connectivity index (χ2n) is 9.13. The van der Waals surface area contributed by atoms with Crippen LogP contribution in [0, 0.1) is 5.82 Å². The summed E-state index contributed by atoms with van der Waals surface area (Å²) in [7, 11) is 0. The summed E-state index contributed by atoms with van der Waals surface area (Å²) in [6.07, 6.45) is -1.39. The molecule has 0 saturated carbocycles. The zero-order valence-corrected chi connectivity index (χ0v) is 20.4. The second kappa shape index (κ2) is 10.3. The first kappa shape index (κ1) is 26.0. The molecule has 5 rings (SSSR count). The van der Waals surface area contributed by atoms with Crippen molar-refractivity contribution in [1.29, 1.82) is 0 Å². The van der Waals surface area contributed by atoms with Crippen LogP contribution in [0.25, 0.3) is 16.9 Å². The Kier molecular flexibility index (Phi) is 6.85. The average Bonchev–Trinajstić information content (AvgIpc) is 3.48. The number of hydrogen-bond acceptors (Lipinski definition) is 4. The molecule has 1 fully saturated rings. The molecule has 2 amide bonds. The summed E-state index contributed by atoms with van der Waals surface area (Å²) < 4.78 is 57.5. The number of ether oxygens (including phenoxy) is 1. The molecule has 8 nitrogen and oxygen atoms in total. The average molecular weight is 542 g/mol. The predicted octanol–water partition coefficient (Wildman–Crippen LogP) is 5.18. The van der Waals surface area contributed by atoms with Crippen LogP contribution < -0.4 is 10.5 Å². The van der Waals surface area contributed by atoms with Crippen molar-refractivity contribution in [3.63, 3.8) is 0 Å². The van der Waals surface area contributed by atoms with Gasteiger partial charge in [-0.1, -0.05) is 0 Å². The third kappa shape index (κ3) is 5.64. The quantitative estimate of drug-likeness (QED) is 0.259. The molecule has 0 spiro atoms. The third-order valence-corrected chi connectivity index (χ3v) is 6.58. The topological polar surface area (TPSA) is 106 Å². The number of allylic oxidation sites excluding steroid dienone is 1. The van der Waals surface area contributed by atoms with E-state index >= 15 is 0 Å². The number of rotatable bonds is 6. The minimum atomic E-state index is -4.54. The molecule has 1 aliphatic heterocycles. The number of nitrogens with zero attached hydrogens (tertiary/aromatic N) is 3. The number of piperidine rings is 1. The number of aromatic amines is 1. The molecule has 0 bridgehead atoms. The first-order valence-corrected chi connectivity index (χ1v) is 12.1. The van der Waals surface area contributed by atoms with Crippen LogP contribution in [0.5, 0.6) is 11.5 Å². The van der Waals surface area contributed by atoms with Gasteiger partial charge in [0.25, 0.3) is 5.91 Å². The number of hydrogen-bond donors (Lipinski definition) is 2. The monoisotopic (exact) mass is 541 g/mol. The van der Waals surface area contributed by atoms with E-state index in [1.807, 2.05) is 0 Å². The van der Waals surface area contributed by atoms with E-state index in [1.165, 1.54) is 33.7 Å². The lowest BCUT2D eigenvalue weighted by Gasteiger charge is -2.31. The molecule has 1 aliphatic rings. The molecule has 3 N–H and O–H groups in total. The van der Waals surface area contributed by atoms with Gasteiger partial charge in [0, 0.05) is 36.4 Å². The van der Waals surface area contributed by atoms with Crippen LogP contribution in [0.1, 0.15) is 34.8 Å². The number of halogens is 4. The Balaban J connectivity index is 1.35. The normalized spacial score (nSPS) is 14.8. The van der Waals surface area contributed by atoms with E-state index in [0.29, 0.717) is 47.3 Å². The molecule has 1 saturated heterocycles. The van der Waals surface area contributed by atoms with E-state index in [9.17, 15) is 27.2 Å². The molecular formula is C27H23F4N5O3. The third-order valence-electron chi connectivity index (χ3n) is 6.58. The Morgan fingerprint density at radius 2 is 1.64 bits per heavy atom.